The van der Waals surface area contributed by atoms with Gasteiger partial charge in [-0.05, 0) is 93.0 Å². The van der Waals surface area contributed by atoms with Gasteiger partial charge in [0, 0.05) is 5.69 Å². The van der Waals surface area contributed by atoms with Crippen LogP contribution in [0.2, 0.25) is 0 Å². The van der Waals surface area contributed by atoms with Crippen molar-refractivity contribution >= 4 is 32.6 Å². The highest BCUT2D eigenvalue weighted by Gasteiger charge is 2.17. The van der Waals surface area contributed by atoms with Crippen molar-refractivity contribution in [3.05, 3.63) is 157 Å². The Morgan fingerprint density at radius 1 is 0.442 bits per heavy atom. The second-order valence-electron chi connectivity index (χ2n) is 11.3. The van der Waals surface area contributed by atoms with Gasteiger partial charge in [0.05, 0.1) is 11.0 Å². The van der Waals surface area contributed by atoms with E-state index in [0.29, 0.717) is 0 Å². The standard InChI is InChI=1S/C41H30N2/c1-27-17-23-36-37(25-27)41(35-16-10-9-15-34(35)40(36)30-11-5-3-6-12-30)31-20-18-29(19-21-31)32-22-24-38-39(26-32)43(28(2)42-38)33-13-7-4-8-14-33/h3-26H,1-2H3. The Morgan fingerprint density at radius 2 is 1.00 bits per heavy atom. The van der Waals surface area contributed by atoms with Crippen LogP contribution in [0.15, 0.2) is 146 Å². The van der Waals surface area contributed by atoms with Crippen molar-refractivity contribution in [3.63, 3.8) is 0 Å². The monoisotopic (exact) mass is 550 g/mol. The lowest BCUT2D eigenvalue weighted by atomic mass is 9.85. The van der Waals surface area contributed by atoms with Crippen molar-refractivity contribution in [1.82, 2.24) is 9.55 Å². The van der Waals surface area contributed by atoms with E-state index in [1.165, 1.54) is 60.5 Å². The molecule has 8 aromatic rings. The summed E-state index contributed by atoms with van der Waals surface area (Å²) in [6.45, 7) is 4.25. The number of hydrogen-bond donors (Lipinski definition) is 0. The third-order valence-electron chi connectivity index (χ3n) is 8.59. The summed E-state index contributed by atoms with van der Waals surface area (Å²) in [6, 6.07) is 52.6. The molecule has 0 amide bonds. The van der Waals surface area contributed by atoms with Gasteiger partial charge >= 0.3 is 0 Å². The largest absolute Gasteiger partial charge is 0.297 e. The summed E-state index contributed by atoms with van der Waals surface area (Å²) in [5.41, 5.74) is 11.9. The fourth-order valence-corrected chi connectivity index (χ4v) is 6.63. The Kier molecular flexibility index (Phi) is 5.94. The third kappa shape index (κ3) is 4.23. The molecule has 204 valence electrons. The van der Waals surface area contributed by atoms with Gasteiger partial charge in [0.2, 0.25) is 0 Å². The fraction of sp³-hybridized carbons (Fsp3) is 0.0488. The predicted octanol–water partition coefficient (Wildman–Crippen LogP) is 10.9. The summed E-state index contributed by atoms with van der Waals surface area (Å²) >= 11 is 0. The number of aromatic nitrogens is 2. The van der Waals surface area contributed by atoms with Crippen LogP contribution in [-0.2, 0) is 0 Å². The topological polar surface area (TPSA) is 17.8 Å². The van der Waals surface area contributed by atoms with Crippen LogP contribution in [0.3, 0.4) is 0 Å². The van der Waals surface area contributed by atoms with E-state index < -0.39 is 0 Å². The number of benzene rings is 7. The second-order valence-corrected chi connectivity index (χ2v) is 11.3. The normalized spacial score (nSPS) is 11.5. The first-order chi connectivity index (χ1) is 21.2. The lowest BCUT2D eigenvalue weighted by molar-refractivity contribution is 1.00. The number of rotatable bonds is 4. The molecule has 1 aromatic heterocycles. The van der Waals surface area contributed by atoms with Gasteiger partial charge in [0.25, 0.3) is 0 Å². The van der Waals surface area contributed by atoms with E-state index in [1.54, 1.807) is 0 Å². The van der Waals surface area contributed by atoms with Crippen LogP contribution in [-0.4, -0.2) is 9.55 Å². The molecule has 2 nitrogen and oxygen atoms in total. The Balaban J connectivity index is 1.30. The number of fused-ring (bicyclic) bond motifs is 3. The van der Waals surface area contributed by atoms with E-state index in [0.717, 1.165) is 22.5 Å². The molecule has 0 spiro atoms. The highest BCUT2D eigenvalue weighted by Crippen LogP contribution is 2.44. The lowest BCUT2D eigenvalue weighted by Crippen LogP contribution is -1.96. The molecular formula is C41H30N2. The van der Waals surface area contributed by atoms with Gasteiger partial charge in [-0.2, -0.15) is 0 Å². The van der Waals surface area contributed by atoms with Crippen LogP contribution in [0, 0.1) is 13.8 Å². The first-order valence-electron chi connectivity index (χ1n) is 14.8. The summed E-state index contributed by atoms with van der Waals surface area (Å²) in [6.07, 6.45) is 0. The maximum atomic E-state index is 4.83. The Morgan fingerprint density at radius 3 is 1.72 bits per heavy atom. The SMILES string of the molecule is Cc1ccc2c(-c3ccccc3)c3ccccc3c(-c3ccc(-c4ccc5nc(C)n(-c6ccccc6)c5c4)cc3)c2c1. The quantitative estimate of drug-likeness (QED) is 0.199. The molecule has 43 heavy (non-hydrogen) atoms. The van der Waals surface area contributed by atoms with Gasteiger partial charge in [-0.1, -0.05) is 127 Å². The molecule has 2 heteroatoms. The smallest absolute Gasteiger partial charge is 0.111 e. The maximum absolute atomic E-state index is 4.83. The van der Waals surface area contributed by atoms with E-state index in [2.05, 4.69) is 158 Å². The average molecular weight is 551 g/mol. The van der Waals surface area contributed by atoms with Crippen molar-refractivity contribution in [2.24, 2.45) is 0 Å². The highest BCUT2D eigenvalue weighted by atomic mass is 15.1. The molecule has 0 aliphatic carbocycles. The molecule has 0 fully saturated rings. The molecule has 0 N–H and O–H groups in total. The lowest BCUT2D eigenvalue weighted by Gasteiger charge is -2.18. The van der Waals surface area contributed by atoms with Gasteiger partial charge in [-0.15, -0.1) is 0 Å². The zero-order chi connectivity index (χ0) is 28.9. The Bertz CT molecular complexity index is 2280. The minimum absolute atomic E-state index is 0.988. The van der Waals surface area contributed by atoms with E-state index in [9.17, 15) is 0 Å². The van der Waals surface area contributed by atoms with Crippen molar-refractivity contribution in [3.8, 4) is 39.1 Å². The summed E-state index contributed by atoms with van der Waals surface area (Å²) in [5, 5.41) is 5.12. The van der Waals surface area contributed by atoms with Crippen molar-refractivity contribution < 1.29 is 0 Å². The zero-order valence-corrected chi connectivity index (χ0v) is 24.3. The molecule has 1 heterocycles. The van der Waals surface area contributed by atoms with Crippen LogP contribution in [0.5, 0.6) is 0 Å². The second kappa shape index (κ2) is 10.1. The molecule has 0 bridgehead atoms. The van der Waals surface area contributed by atoms with Crippen LogP contribution in [0.25, 0.3) is 71.6 Å². The first-order valence-corrected chi connectivity index (χ1v) is 14.8. The zero-order valence-electron chi connectivity index (χ0n) is 24.3. The number of imidazole rings is 1. The maximum Gasteiger partial charge on any atom is 0.111 e. The van der Waals surface area contributed by atoms with Crippen LogP contribution in [0.4, 0.5) is 0 Å². The van der Waals surface area contributed by atoms with Gasteiger partial charge in [-0.3, -0.25) is 4.57 Å². The summed E-state index contributed by atoms with van der Waals surface area (Å²) < 4.78 is 2.24. The third-order valence-corrected chi connectivity index (χ3v) is 8.59. The molecule has 0 aliphatic rings. The van der Waals surface area contributed by atoms with Gasteiger partial charge < -0.3 is 0 Å². The van der Waals surface area contributed by atoms with Crippen molar-refractivity contribution in [1.29, 1.82) is 0 Å². The molecule has 0 unspecified atom stereocenters. The Hall–Kier alpha value is -5.47. The number of para-hydroxylation sites is 1. The van der Waals surface area contributed by atoms with Crippen LogP contribution < -0.4 is 0 Å². The van der Waals surface area contributed by atoms with E-state index in [4.69, 9.17) is 4.98 Å². The number of aryl methyl sites for hydroxylation is 2. The van der Waals surface area contributed by atoms with Gasteiger partial charge in [0.15, 0.2) is 0 Å². The van der Waals surface area contributed by atoms with E-state index in [1.807, 2.05) is 6.07 Å². The number of hydrogen-bond acceptors (Lipinski definition) is 1. The molecule has 0 atom stereocenters. The molecule has 8 rings (SSSR count). The molecule has 7 aromatic carbocycles. The summed E-state index contributed by atoms with van der Waals surface area (Å²) in [7, 11) is 0. The average Bonchev–Trinajstić information content (AvgIpc) is 3.39. The fourth-order valence-electron chi connectivity index (χ4n) is 6.63. The molecule has 0 saturated heterocycles. The van der Waals surface area contributed by atoms with Gasteiger partial charge in [-0.25, -0.2) is 4.98 Å². The van der Waals surface area contributed by atoms with Crippen LogP contribution in [0.1, 0.15) is 11.4 Å². The van der Waals surface area contributed by atoms with Crippen molar-refractivity contribution in [2.45, 2.75) is 13.8 Å². The molecular weight excluding hydrogens is 520 g/mol. The van der Waals surface area contributed by atoms with E-state index >= 15 is 0 Å². The molecule has 0 saturated carbocycles. The minimum atomic E-state index is 0.988. The minimum Gasteiger partial charge on any atom is -0.297 e. The summed E-state index contributed by atoms with van der Waals surface area (Å²) in [5.74, 6) is 0.988. The van der Waals surface area contributed by atoms with E-state index in [-0.39, 0.29) is 0 Å². The molecule has 0 aliphatic heterocycles. The van der Waals surface area contributed by atoms with Crippen LogP contribution >= 0.6 is 0 Å². The highest BCUT2D eigenvalue weighted by molar-refractivity contribution is 6.21. The predicted molar refractivity (Wildman–Crippen MR) is 182 cm³/mol. The Labute approximate surface area is 251 Å². The van der Waals surface area contributed by atoms with Gasteiger partial charge in [0.1, 0.15) is 5.82 Å². The van der Waals surface area contributed by atoms with Crippen molar-refractivity contribution in [2.75, 3.05) is 0 Å². The summed E-state index contributed by atoms with van der Waals surface area (Å²) in [4.78, 5) is 4.83. The number of nitrogens with zero attached hydrogens (tertiary/aromatic N) is 2. The molecule has 0 radical (unpaired) electrons. The first kappa shape index (κ1) is 25.3.